The van der Waals surface area contributed by atoms with E-state index in [1.54, 1.807) is 6.20 Å². The fourth-order valence-corrected chi connectivity index (χ4v) is 2.25. The first kappa shape index (κ1) is 8.98. The minimum absolute atomic E-state index is 0.380. The number of H-pyrrole nitrogens is 1. The summed E-state index contributed by atoms with van der Waals surface area (Å²) in [6.07, 6.45) is 4.15. The van der Waals surface area contributed by atoms with Crippen molar-refractivity contribution >= 4 is 27.7 Å². The van der Waals surface area contributed by atoms with Gasteiger partial charge in [0.15, 0.2) is 0 Å². The van der Waals surface area contributed by atoms with Gasteiger partial charge in [0.2, 0.25) is 0 Å². The molecule has 0 amide bonds. The molecule has 0 atom stereocenters. The number of carbonyl (C=O) groups is 1. The number of hydrogen-bond acceptors (Lipinski definition) is 1. The van der Waals surface area contributed by atoms with Gasteiger partial charge in [-0.3, -0.25) is 4.79 Å². The molecular formula is C12H10ClNO. The molecule has 2 nitrogen and oxygen atoms in total. The van der Waals surface area contributed by atoms with Gasteiger partial charge in [0, 0.05) is 17.1 Å². The molecule has 0 unspecified atom stereocenters. The van der Waals surface area contributed by atoms with Crippen molar-refractivity contribution in [1.82, 2.24) is 4.98 Å². The van der Waals surface area contributed by atoms with Crippen LogP contribution < -0.4 is 0 Å². The van der Waals surface area contributed by atoms with Crippen LogP contribution in [0.1, 0.15) is 34.7 Å². The van der Waals surface area contributed by atoms with Gasteiger partial charge in [-0.05, 0) is 42.0 Å². The highest BCUT2D eigenvalue weighted by atomic mass is 35.5. The maximum atomic E-state index is 11.3. The van der Waals surface area contributed by atoms with Crippen molar-refractivity contribution in [3.05, 3.63) is 35.5 Å². The number of rotatable bonds is 2. The van der Waals surface area contributed by atoms with E-state index < -0.39 is 0 Å². The summed E-state index contributed by atoms with van der Waals surface area (Å²) in [5.74, 6) is 0.624. The highest BCUT2D eigenvalue weighted by Gasteiger charge is 2.27. The first-order valence-corrected chi connectivity index (χ1v) is 5.45. The van der Waals surface area contributed by atoms with Gasteiger partial charge in [-0.1, -0.05) is 12.1 Å². The first-order valence-electron chi connectivity index (χ1n) is 5.07. The summed E-state index contributed by atoms with van der Waals surface area (Å²) in [5, 5.41) is 0.634. The minimum atomic E-state index is -0.380. The molecule has 1 aliphatic carbocycles. The zero-order chi connectivity index (χ0) is 10.4. The summed E-state index contributed by atoms with van der Waals surface area (Å²) >= 11 is 5.56. The first-order chi connectivity index (χ1) is 7.27. The van der Waals surface area contributed by atoms with Crippen molar-refractivity contribution in [3.63, 3.8) is 0 Å². The van der Waals surface area contributed by atoms with E-state index in [4.69, 9.17) is 11.6 Å². The zero-order valence-corrected chi connectivity index (χ0v) is 8.84. The largest absolute Gasteiger partial charge is 0.360 e. The Labute approximate surface area is 92.2 Å². The Morgan fingerprint density at radius 2 is 2.20 bits per heavy atom. The third kappa shape index (κ3) is 1.37. The standard InChI is InChI=1S/C12H10ClNO/c13-12(15)9-6-14-10-3-1-2-8(11(9)10)7-4-5-7/h1-3,6-7,14H,4-5H2. The molecule has 1 N–H and O–H groups in total. The molecule has 0 radical (unpaired) electrons. The van der Waals surface area contributed by atoms with Gasteiger partial charge >= 0.3 is 0 Å². The number of carbonyl (C=O) groups excluding carboxylic acids is 1. The fraction of sp³-hybridized carbons (Fsp3) is 0.250. The third-order valence-corrected chi connectivity index (χ3v) is 3.17. The van der Waals surface area contributed by atoms with Crippen molar-refractivity contribution in [2.45, 2.75) is 18.8 Å². The summed E-state index contributed by atoms with van der Waals surface area (Å²) in [7, 11) is 0. The van der Waals surface area contributed by atoms with Crippen LogP contribution in [0.15, 0.2) is 24.4 Å². The molecule has 0 bridgehead atoms. The molecule has 2 aromatic rings. The van der Waals surface area contributed by atoms with Crippen LogP contribution in [-0.4, -0.2) is 10.2 Å². The summed E-state index contributed by atoms with van der Waals surface area (Å²) in [6, 6.07) is 6.09. The Morgan fingerprint density at radius 1 is 1.40 bits per heavy atom. The molecule has 1 aliphatic rings. The van der Waals surface area contributed by atoms with Crippen molar-refractivity contribution in [2.75, 3.05) is 0 Å². The highest BCUT2D eigenvalue weighted by Crippen LogP contribution is 2.43. The lowest BCUT2D eigenvalue weighted by molar-refractivity contribution is 0.108. The van der Waals surface area contributed by atoms with Crippen LogP contribution in [0.4, 0.5) is 0 Å². The Balaban J connectivity index is 2.33. The highest BCUT2D eigenvalue weighted by molar-refractivity contribution is 6.68. The molecule has 1 heterocycles. The van der Waals surface area contributed by atoms with Crippen LogP contribution in [0.5, 0.6) is 0 Å². The molecular weight excluding hydrogens is 210 g/mol. The smallest absolute Gasteiger partial charge is 0.254 e. The lowest BCUT2D eigenvalue weighted by Crippen LogP contribution is -1.89. The van der Waals surface area contributed by atoms with E-state index >= 15 is 0 Å². The molecule has 15 heavy (non-hydrogen) atoms. The second kappa shape index (κ2) is 3.11. The molecule has 0 saturated heterocycles. The topological polar surface area (TPSA) is 32.9 Å². The molecule has 1 fully saturated rings. The predicted octanol–water partition coefficient (Wildman–Crippen LogP) is 3.42. The van der Waals surface area contributed by atoms with E-state index in [9.17, 15) is 4.79 Å². The second-order valence-electron chi connectivity index (χ2n) is 4.02. The number of aromatic amines is 1. The number of fused-ring (bicyclic) bond motifs is 1. The lowest BCUT2D eigenvalue weighted by Gasteiger charge is -2.01. The van der Waals surface area contributed by atoms with Crippen LogP contribution in [0, 0.1) is 0 Å². The number of nitrogens with one attached hydrogen (secondary N) is 1. The van der Waals surface area contributed by atoms with Gasteiger partial charge in [0.25, 0.3) is 5.24 Å². The Kier molecular flexibility index (Phi) is 1.86. The predicted molar refractivity (Wildman–Crippen MR) is 60.5 cm³/mol. The third-order valence-electron chi connectivity index (χ3n) is 2.97. The van der Waals surface area contributed by atoms with Crippen LogP contribution in [-0.2, 0) is 0 Å². The minimum Gasteiger partial charge on any atom is -0.360 e. The van der Waals surface area contributed by atoms with Gasteiger partial charge in [-0.2, -0.15) is 0 Å². The van der Waals surface area contributed by atoms with Gasteiger partial charge in [-0.25, -0.2) is 0 Å². The van der Waals surface area contributed by atoms with Gasteiger partial charge < -0.3 is 4.98 Å². The number of halogens is 1. The van der Waals surface area contributed by atoms with E-state index in [-0.39, 0.29) is 5.24 Å². The molecule has 76 valence electrons. The van der Waals surface area contributed by atoms with E-state index in [1.165, 1.54) is 18.4 Å². The van der Waals surface area contributed by atoms with Crippen LogP contribution in [0.25, 0.3) is 10.9 Å². The zero-order valence-electron chi connectivity index (χ0n) is 8.09. The molecule has 3 rings (SSSR count). The van der Waals surface area contributed by atoms with E-state index in [2.05, 4.69) is 11.1 Å². The Bertz CT molecular complexity index is 540. The summed E-state index contributed by atoms with van der Waals surface area (Å²) < 4.78 is 0. The monoisotopic (exact) mass is 219 g/mol. The maximum absolute atomic E-state index is 11.3. The number of hydrogen-bond donors (Lipinski definition) is 1. The fourth-order valence-electron chi connectivity index (χ4n) is 2.10. The van der Waals surface area contributed by atoms with Crippen LogP contribution >= 0.6 is 11.6 Å². The van der Waals surface area contributed by atoms with Gasteiger partial charge in [0.05, 0.1) is 5.56 Å². The molecule has 3 heteroatoms. The summed E-state index contributed by atoms with van der Waals surface area (Å²) in [5.41, 5.74) is 2.87. The van der Waals surface area contributed by atoms with Crippen molar-refractivity contribution in [3.8, 4) is 0 Å². The Hall–Kier alpha value is -1.28. The number of benzene rings is 1. The van der Waals surface area contributed by atoms with E-state index in [0.29, 0.717) is 11.5 Å². The maximum Gasteiger partial charge on any atom is 0.254 e. The average molecular weight is 220 g/mol. The SMILES string of the molecule is O=C(Cl)c1c[nH]c2cccc(C3CC3)c12. The number of aromatic nitrogens is 1. The van der Waals surface area contributed by atoms with E-state index in [0.717, 1.165) is 10.9 Å². The van der Waals surface area contributed by atoms with Crippen LogP contribution in [0.3, 0.4) is 0 Å². The molecule has 0 aliphatic heterocycles. The average Bonchev–Trinajstić information content (AvgIpc) is 2.96. The van der Waals surface area contributed by atoms with Crippen molar-refractivity contribution < 1.29 is 4.79 Å². The summed E-state index contributed by atoms with van der Waals surface area (Å²) in [4.78, 5) is 14.3. The quantitative estimate of drug-likeness (QED) is 0.772. The Morgan fingerprint density at radius 3 is 2.87 bits per heavy atom. The normalized spacial score (nSPS) is 15.8. The molecule has 1 saturated carbocycles. The molecule has 0 spiro atoms. The van der Waals surface area contributed by atoms with Gasteiger partial charge in [0.1, 0.15) is 0 Å². The molecule has 1 aromatic heterocycles. The van der Waals surface area contributed by atoms with Crippen LogP contribution in [0.2, 0.25) is 0 Å². The molecule has 1 aromatic carbocycles. The van der Waals surface area contributed by atoms with Crippen molar-refractivity contribution in [1.29, 1.82) is 0 Å². The van der Waals surface area contributed by atoms with Gasteiger partial charge in [-0.15, -0.1) is 0 Å². The van der Waals surface area contributed by atoms with Crippen molar-refractivity contribution in [2.24, 2.45) is 0 Å². The second-order valence-corrected chi connectivity index (χ2v) is 4.36. The lowest BCUT2D eigenvalue weighted by atomic mass is 10.0. The van der Waals surface area contributed by atoms with E-state index in [1.807, 2.05) is 12.1 Å². The summed E-state index contributed by atoms with van der Waals surface area (Å²) in [6.45, 7) is 0.